The lowest BCUT2D eigenvalue weighted by Gasteiger charge is -2.15. The number of nitrogens with zero attached hydrogens (tertiary/aromatic N) is 3. The second-order valence-electron chi connectivity index (χ2n) is 14.2. The number of para-hydroxylation sites is 1. The molecule has 0 bridgehead atoms. The Morgan fingerprint density at radius 1 is 0.500 bits per heavy atom. The van der Waals surface area contributed by atoms with Gasteiger partial charge in [0.05, 0.1) is 0 Å². The van der Waals surface area contributed by atoms with Crippen molar-refractivity contribution in [3.8, 4) is 56.4 Å². The van der Waals surface area contributed by atoms with Gasteiger partial charge in [-0.05, 0) is 41.3 Å². The number of benzene rings is 7. The highest BCUT2D eigenvalue weighted by molar-refractivity contribution is 7.26. The van der Waals surface area contributed by atoms with Gasteiger partial charge in [0.1, 0.15) is 11.2 Å². The van der Waals surface area contributed by atoms with Gasteiger partial charge in [0.15, 0.2) is 17.5 Å². The van der Waals surface area contributed by atoms with Gasteiger partial charge in [-0.3, -0.25) is 0 Å². The second-order valence-corrected chi connectivity index (χ2v) is 15.3. The minimum atomic E-state index is 0.374. The van der Waals surface area contributed by atoms with Crippen molar-refractivity contribution in [1.82, 2.24) is 15.0 Å². The molecule has 4 nitrogen and oxygen atoms in total. The Morgan fingerprint density at radius 2 is 1.16 bits per heavy atom. The largest absolute Gasteiger partial charge is 0.455 e. The summed E-state index contributed by atoms with van der Waals surface area (Å²) in [5, 5.41) is 4.56. The number of allylic oxidation sites excluding steroid dienone is 4. The van der Waals surface area contributed by atoms with Crippen molar-refractivity contribution in [2.24, 2.45) is 0 Å². The first-order valence-corrected chi connectivity index (χ1v) is 19.8. The summed E-state index contributed by atoms with van der Waals surface area (Å²) in [6, 6.07) is 55.3. The first-order valence-electron chi connectivity index (χ1n) is 19.0. The van der Waals surface area contributed by atoms with Crippen LogP contribution in [-0.4, -0.2) is 15.0 Å². The fourth-order valence-electron chi connectivity index (χ4n) is 8.22. The molecule has 3 aromatic heterocycles. The predicted molar refractivity (Wildman–Crippen MR) is 233 cm³/mol. The third-order valence-corrected chi connectivity index (χ3v) is 12.1. The molecule has 0 amide bonds. The molecule has 1 aliphatic carbocycles. The molecule has 0 aliphatic heterocycles. The zero-order chi connectivity index (χ0) is 37.0. The van der Waals surface area contributed by atoms with E-state index in [1.165, 1.54) is 26.1 Å². The van der Waals surface area contributed by atoms with Crippen LogP contribution in [0.3, 0.4) is 0 Å². The standard InChI is InChI=1S/C51H33N3OS/c1-4-15-32(16-5-1)35-21-12-22-36(31-35)37-29-30-38(47-46(37)40-23-10-11-27-43(40)55-47)39-24-13-25-41-45-42(26-14-28-44(45)56-48(39)41)51-53-49(33-17-6-2-7-18-33)52-50(54-51)34-19-8-3-9-20-34/h1-15,17-32H,16H2. The smallest absolute Gasteiger partial charge is 0.164 e. The van der Waals surface area contributed by atoms with Crippen LogP contribution in [0.5, 0.6) is 0 Å². The van der Waals surface area contributed by atoms with E-state index in [0.29, 0.717) is 23.4 Å². The van der Waals surface area contributed by atoms with Gasteiger partial charge in [0.2, 0.25) is 0 Å². The number of fused-ring (bicyclic) bond motifs is 6. The van der Waals surface area contributed by atoms with E-state index in [2.05, 4.69) is 121 Å². The molecule has 0 saturated carbocycles. The van der Waals surface area contributed by atoms with E-state index in [4.69, 9.17) is 19.4 Å². The van der Waals surface area contributed by atoms with Crippen LogP contribution < -0.4 is 0 Å². The summed E-state index contributed by atoms with van der Waals surface area (Å²) in [5.74, 6) is 2.33. The quantitative estimate of drug-likeness (QED) is 0.171. The molecule has 0 fully saturated rings. The lowest BCUT2D eigenvalue weighted by atomic mass is 9.89. The zero-order valence-corrected chi connectivity index (χ0v) is 31.1. The predicted octanol–water partition coefficient (Wildman–Crippen LogP) is 14.1. The monoisotopic (exact) mass is 735 g/mol. The van der Waals surface area contributed by atoms with E-state index in [1.54, 1.807) is 11.3 Å². The van der Waals surface area contributed by atoms with Crippen molar-refractivity contribution in [2.45, 2.75) is 12.3 Å². The Bertz CT molecular complexity index is 3120. The fraction of sp³-hybridized carbons (Fsp3) is 0.0392. The molecule has 0 N–H and O–H groups in total. The SMILES string of the molecule is C1=CCC(c2cccc(-c3ccc(-c4cccc5c4sc4cccc(-c6nc(-c7ccccc7)nc(-c7ccccc7)n6)c45)c4oc5ccccc5c34)c2)C=C1. The molecule has 1 aliphatic rings. The van der Waals surface area contributed by atoms with Crippen molar-refractivity contribution >= 4 is 53.4 Å². The molecule has 0 spiro atoms. The van der Waals surface area contributed by atoms with Crippen molar-refractivity contribution < 1.29 is 4.42 Å². The van der Waals surface area contributed by atoms with Crippen LogP contribution in [0, 0.1) is 0 Å². The van der Waals surface area contributed by atoms with Crippen LogP contribution in [0.2, 0.25) is 0 Å². The maximum Gasteiger partial charge on any atom is 0.164 e. The minimum absolute atomic E-state index is 0.374. The molecule has 10 aromatic rings. The van der Waals surface area contributed by atoms with Crippen LogP contribution in [0.1, 0.15) is 17.9 Å². The van der Waals surface area contributed by atoms with E-state index in [9.17, 15) is 0 Å². The normalized spacial score (nSPS) is 14.0. The summed E-state index contributed by atoms with van der Waals surface area (Å²) in [6.45, 7) is 0. The van der Waals surface area contributed by atoms with Crippen LogP contribution >= 0.6 is 11.3 Å². The van der Waals surface area contributed by atoms with E-state index in [0.717, 1.165) is 66.9 Å². The number of hydrogen-bond donors (Lipinski definition) is 0. The molecule has 56 heavy (non-hydrogen) atoms. The summed E-state index contributed by atoms with van der Waals surface area (Å²) >= 11 is 1.80. The Balaban J connectivity index is 1.11. The summed E-state index contributed by atoms with van der Waals surface area (Å²) in [6.07, 6.45) is 9.85. The lowest BCUT2D eigenvalue weighted by molar-refractivity contribution is 0.670. The molecular weight excluding hydrogens is 703 g/mol. The summed E-state index contributed by atoms with van der Waals surface area (Å²) in [5.41, 5.74) is 10.6. The third-order valence-electron chi connectivity index (χ3n) is 10.9. The van der Waals surface area contributed by atoms with Crippen molar-refractivity contribution in [3.05, 3.63) is 188 Å². The summed E-state index contributed by atoms with van der Waals surface area (Å²) in [7, 11) is 0. The average molecular weight is 736 g/mol. The maximum absolute atomic E-state index is 6.83. The molecule has 0 radical (unpaired) electrons. The maximum atomic E-state index is 6.83. The number of rotatable bonds is 6. The van der Waals surface area contributed by atoms with Crippen molar-refractivity contribution in [3.63, 3.8) is 0 Å². The molecule has 7 aromatic carbocycles. The summed E-state index contributed by atoms with van der Waals surface area (Å²) < 4.78 is 9.20. The molecule has 11 rings (SSSR count). The zero-order valence-electron chi connectivity index (χ0n) is 30.3. The molecule has 1 atom stereocenters. The van der Waals surface area contributed by atoms with Crippen molar-refractivity contribution in [2.75, 3.05) is 0 Å². The number of furan rings is 1. The Morgan fingerprint density at radius 3 is 1.95 bits per heavy atom. The number of hydrogen-bond acceptors (Lipinski definition) is 5. The van der Waals surface area contributed by atoms with Gasteiger partial charge in [-0.15, -0.1) is 11.3 Å². The Kier molecular flexibility index (Phi) is 7.78. The minimum Gasteiger partial charge on any atom is -0.455 e. The van der Waals surface area contributed by atoms with E-state index in [1.807, 2.05) is 60.7 Å². The fourth-order valence-corrected chi connectivity index (χ4v) is 9.48. The third kappa shape index (κ3) is 5.47. The van der Waals surface area contributed by atoms with Gasteiger partial charge in [-0.2, -0.15) is 0 Å². The molecule has 3 heterocycles. The van der Waals surface area contributed by atoms with Crippen LogP contribution in [0.4, 0.5) is 0 Å². The van der Waals surface area contributed by atoms with Crippen LogP contribution in [-0.2, 0) is 0 Å². The van der Waals surface area contributed by atoms with Crippen LogP contribution in [0.25, 0.3) is 98.5 Å². The van der Waals surface area contributed by atoms with Gasteiger partial charge in [-0.25, -0.2) is 15.0 Å². The Labute approximate surface area is 327 Å². The summed E-state index contributed by atoms with van der Waals surface area (Å²) in [4.78, 5) is 15.2. The van der Waals surface area contributed by atoms with Gasteiger partial charge >= 0.3 is 0 Å². The Hall–Kier alpha value is -6.95. The highest BCUT2D eigenvalue weighted by Crippen LogP contribution is 2.47. The lowest BCUT2D eigenvalue weighted by Crippen LogP contribution is -2.00. The molecule has 264 valence electrons. The first kappa shape index (κ1) is 32.5. The molecule has 0 saturated heterocycles. The molecule has 1 unspecified atom stereocenters. The number of thiophene rings is 1. The highest BCUT2D eigenvalue weighted by Gasteiger charge is 2.22. The van der Waals surface area contributed by atoms with E-state index in [-0.39, 0.29) is 0 Å². The van der Waals surface area contributed by atoms with Crippen LogP contribution in [0.15, 0.2) is 186 Å². The average Bonchev–Trinajstić information content (AvgIpc) is 3.86. The molecular formula is C51H33N3OS. The van der Waals surface area contributed by atoms with Gasteiger partial charge in [-0.1, -0.05) is 164 Å². The topological polar surface area (TPSA) is 51.8 Å². The van der Waals surface area contributed by atoms with Gasteiger partial charge in [0, 0.05) is 64.7 Å². The highest BCUT2D eigenvalue weighted by atomic mass is 32.1. The van der Waals surface area contributed by atoms with Gasteiger partial charge in [0.25, 0.3) is 0 Å². The van der Waals surface area contributed by atoms with Crippen molar-refractivity contribution in [1.29, 1.82) is 0 Å². The van der Waals surface area contributed by atoms with Gasteiger partial charge < -0.3 is 4.42 Å². The molecule has 5 heteroatoms. The van der Waals surface area contributed by atoms with E-state index < -0.39 is 0 Å². The first-order chi connectivity index (χ1) is 27.8. The number of aromatic nitrogens is 3. The van der Waals surface area contributed by atoms with E-state index >= 15 is 0 Å². The second kappa shape index (κ2) is 13.4.